The molecule has 0 bridgehead atoms. The molecule has 31 heavy (non-hydrogen) atoms. The van der Waals surface area contributed by atoms with Crippen molar-refractivity contribution in [2.45, 2.75) is 58.4 Å². The number of nitrogens with one attached hydrogen (secondary N) is 2. The number of benzene rings is 1. The predicted octanol–water partition coefficient (Wildman–Crippen LogP) is 2.29. The fourth-order valence-corrected chi connectivity index (χ4v) is 5.38. The summed E-state index contributed by atoms with van der Waals surface area (Å²) in [5, 5.41) is 3.26. The van der Waals surface area contributed by atoms with Crippen molar-refractivity contribution in [1.82, 2.24) is 5.32 Å². The Balaban J connectivity index is 1.71. The van der Waals surface area contributed by atoms with Gasteiger partial charge in [0.25, 0.3) is 5.91 Å². The fourth-order valence-electron chi connectivity index (χ4n) is 5.00. The van der Waals surface area contributed by atoms with E-state index in [-0.39, 0.29) is 59.1 Å². The molecule has 3 rings (SSSR count). The summed E-state index contributed by atoms with van der Waals surface area (Å²) in [6, 6.07) is 4.36. The molecule has 0 radical (unpaired) electrons. The Bertz CT molecular complexity index is 883. The third kappa shape index (κ3) is 4.92. The number of Topliss-reactive ketones (excluding diaryl/α,β-unsaturated/α-hetero) is 1. The van der Waals surface area contributed by atoms with E-state index in [2.05, 4.69) is 19.2 Å². The lowest BCUT2D eigenvalue weighted by molar-refractivity contribution is -0.831. The van der Waals surface area contributed by atoms with Gasteiger partial charge in [0.15, 0.2) is 0 Å². The van der Waals surface area contributed by atoms with Crippen molar-refractivity contribution >= 4 is 47.5 Å². The van der Waals surface area contributed by atoms with E-state index in [1.807, 2.05) is 13.8 Å². The summed E-state index contributed by atoms with van der Waals surface area (Å²) in [6.45, 7) is 6.34. The third-order valence-corrected chi connectivity index (χ3v) is 6.84. The van der Waals surface area contributed by atoms with Crippen LogP contribution in [-0.2, 0) is 18.9 Å². The second-order valence-corrected chi connectivity index (χ2v) is 9.95. The highest BCUT2D eigenvalue weighted by atomic mass is 35.5. The van der Waals surface area contributed by atoms with E-state index >= 15 is 0 Å². The quantitative estimate of drug-likeness (QED) is 0.569. The lowest BCUT2D eigenvalue weighted by Crippen LogP contribution is -3.25. The Hall–Kier alpha value is -1.61. The molecule has 0 aromatic heterocycles. The number of rotatable bonds is 8. The van der Waals surface area contributed by atoms with Crippen molar-refractivity contribution in [3.63, 3.8) is 0 Å². The number of ketones is 1. The molecule has 2 fully saturated rings. The minimum Gasteiger partial charge on any atom is -0.611 e. The Morgan fingerprint density at radius 1 is 1.29 bits per heavy atom. The fraction of sp³-hybridized carbons (Fsp3) is 0.571. The minimum atomic E-state index is -1.98. The highest BCUT2D eigenvalue weighted by molar-refractivity contribution is 6.64. The maximum absolute atomic E-state index is 12.8. The molecule has 1 aromatic carbocycles. The lowest BCUT2D eigenvalue weighted by atomic mass is 9.53. The summed E-state index contributed by atoms with van der Waals surface area (Å²) in [7, 11) is 0. The Labute approximate surface area is 192 Å². The van der Waals surface area contributed by atoms with Crippen molar-refractivity contribution in [2.24, 2.45) is 5.92 Å². The van der Waals surface area contributed by atoms with Crippen LogP contribution in [0.1, 0.15) is 50.9 Å². The van der Waals surface area contributed by atoms with Gasteiger partial charge in [-0.1, -0.05) is 43.5 Å². The molecule has 2 N–H and O–H groups in total. The summed E-state index contributed by atoms with van der Waals surface area (Å²) >= 11 is 12.0. The van der Waals surface area contributed by atoms with Gasteiger partial charge >= 0.3 is 12.7 Å². The molecule has 0 aliphatic carbocycles. The Morgan fingerprint density at radius 2 is 2.00 bits per heavy atom. The SMILES string of the molecule is CC(C)C[C@H](CC(=O)CNC(=O)c1cc(Cl)ccc1Cl)[B-]12OC[C@H](C)[NH+]1[C@H](C)C(=O)O2. The van der Waals surface area contributed by atoms with Crippen molar-refractivity contribution < 1.29 is 28.5 Å². The van der Waals surface area contributed by atoms with Crippen LogP contribution in [0.3, 0.4) is 0 Å². The number of carbonyl (C=O) groups excluding carboxylic acids is 3. The molecule has 5 atom stereocenters. The van der Waals surface area contributed by atoms with Gasteiger partial charge in [-0.05, 0) is 50.2 Å². The summed E-state index contributed by atoms with van der Waals surface area (Å²) in [4.78, 5) is 38.6. The molecule has 2 heterocycles. The number of amides is 1. The number of carbonyl (C=O) groups is 3. The molecule has 2 saturated heterocycles. The van der Waals surface area contributed by atoms with E-state index in [1.54, 1.807) is 6.07 Å². The molecule has 2 unspecified atom stereocenters. The average Bonchev–Trinajstić information content (AvgIpc) is 3.16. The molecule has 0 saturated carbocycles. The van der Waals surface area contributed by atoms with Crippen LogP contribution in [0.4, 0.5) is 0 Å². The van der Waals surface area contributed by atoms with Gasteiger partial charge in [0, 0.05) is 5.02 Å². The van der Waals surface area contributed by atoms with Crippen LogP contribution < -0.4 is 10.1 Å². The van der Waals surface area contributed by atoms with E-state index in [1.165, 1.54) is 12.1 Å². The highest BCUT2D eigenvalue weighted by Gasteiger charge is 2.64. The maximum atomic E-state index is 12.8. The molecule has 2 aliphatic rings. The van der Waals surface area contributed by atoms with Crippen LogP contribution in [0.5, 0.6) is 0 Å². The first kappa shape index (κ1) is 24.0. The first-order chi connectivity index (χ1) is 14.5. The van der Waals surface area contributed by atoms with Gasteiger partial charge in [0.2, 0.25) is 0 Å². The van der Waals surface area contributed by atoms with Crippen LogP contribution in [0.25, 0.3) is 0 Å². The van der Waals surface area contributed by atoms with E-state index in [4.69, 9.17) is 32.5 Å². The van der Waals surface area contributed by atoms with Crippen LogP contribution >= 0.6 is 23.2 Å². The molecule has 1 amide bonds. The Kier molecular flexibility index (Phi) is 7.36. The molecular formula is C21H29BCl2N2O5. The number of halogens is 2. The summed E-state index contributed by atoms with van der Waals surface area (Å²) in [5.41, 5.74) is 0.214. The minimum absolute atomic E-state index is 0.107. The number of hydrogen-bond acceptors (Lipinski definition) is 5. The molecule has 7 nitrogen and oxygen atoms in total. The van der Waals surface area contributed by atoms with Gasteiger partial charge in [0.1, 0.15) is 11.8 Å². The van der Waals surface area contributed by atoms with Crippen molar-refractivity contribution in [2.75, 3.05) is 13.2 Å². The van der Waals surface area contributed by atoms with Crippen molar-refractivity contribution in [1.29, 1.82) is 0 Å². The van der Waals surface area contributed by atoms with Crippen molar-refractivity contribution in [3.8, 4) is 0 Å². The molecule has 10 heteroatoms. The third-order valence-electron chi connectivity index (χ3n) is 6.28. The second kappa shape index (κ2) is 9.49. The average molecular weight is 471 g/mol. The zero-order chi connectivity index (χ0) is 22.9. The first-order valence-electron chi connectivity index (χ1n) is 10.7. The van der Waals surface area contributed by atoms with Crippen LogP contribution in [0.15, 0.2) is 18.2 Å². The topological polar surface area (TPSA) is 86.1 Å². The largest absolute Gasteiger partial charge is 0.611 e. The number of hydrogen-bond donors (Lipinski definition) is 2. The maximum Gasteiger partial charge on any atom is 0.530 e. The number of fused-ring (bicyclic) bond motifs is 1. The summed E-state index contributed by atoms with van der Waals surface area (Å²) < 4.78 is 12.0. The van der Waals surface area contributed by atoms with Gasteiger partial charge in [-0.2, -0.15) is 0 Å². The van der Waals surface area contributed by atoms with Gasteiger partial charge < -0.3 is 19.4 Å². The first-order valence-corrected chi connectivity index (χ1v) is 11.4. The standard InChI is InChI=1S/C21H29BCl2N2O5/c1-12(2)7-15(22-26(13(3)11-30-22)14(4)21(29)31-22)8-17(27)10-25-20(28)18-9-16(23)5-6-19(18)24/h5-6,9,12-15,26H,7-8,10-11H2,1-4H3,(H,25,28)/t13-,14+,15+,22?/m0/s1. The zero-order valence-electron chi connectivity index (χ0n) is 18.2. The van der Waals surface area contributed by atoms with Gasteiger partial charge in [-0.25, -0.2) is 4.79 Å². The summed E-state index contributed by atoms with van der Waals surface area (Å²) in [6.07, 6.45) is 0.827. The highest BCUT2D eigenvalue weighted by Crippen LogP contribution is 2.35. The van der Waals surface area contributed by atoms with Crippen LogP contribution in [-0.4, -0.2) is 49.6 Å². The molecule has 2 aliphatic heterocycles. The van der Waals surface area contributed by atoms with Crippen LogP contribution in [0, 0.1) is 5.92 Å². The van der Waals surface area contributed by atoms with Gasteiger partial charge in [-0.15, -0.1) is 0 Å². The van der Waals surface area contributed by atoms with E-state index in [9.17, 15) is 14.4 Å². The van der Waals surface area contributed by atoms with Crippen molar-refractivity contribution in [3.05, 3.63) is 33.8 Å². The zero-order valence-corrected chi connectivity index (χ0v) is 19.8. The molecule has 1 aromatic rings. The smallest absolute Gasteiger partial charge is 0.530 e. The number of quaternary nitrogens is 1. The van der Waals surface area contributed by atoms with Gasteiger partial charge in [-0.3, -0.25) is 9.59 Å². The van der Waals surface area contributed by atoms with Crippen LogP contribution in [0.2, 0.25) is 15.9 Å². The molecule has 170 valence electrons. The summed E-state index contributed by atoms with van der Waals surface area (Å²) in [5.74, 6) is -0.890. The van der Waals surface area contributed by atoms with E-state index in [0.717, 1.165) is 4.81 Å². The Morgan fingerprint density at radius 3 is 2.68 bits per heavy atom. The van der Waals surface area contributed by atoms with E-state index < -0.39 is 12.6 Å². The normalized spacial score (nSPS) is 28.4. The lowest BCUT2D eigenvalue weighted by Gasteiger charge is -2.40. The molecular weight excluding hydrogens is 442 g/mol. The van der Waals surface area contributed by atoms with E-state index in [0.29, 0.717) is 18.1 Å². The monoisotopic (exact) mass is 470 g/mol. The molecule has 0 spiro atoms. The second-order valence-electron chi connectivity index (χ2n) is 9.10. The predicted molar refractivity (Wildman–Crippen MR) is 119 cm³/mol. The van der Waals surface area contributed by atoms with Gasteiger partial charge in [0.05, 0.1) is 29.8 Å².